The minimum absolute atomic E-state index is 0.0321. The lowest BCUT2D eigenvalue weighted by atomic mass is 9.74. The SMILES string of the molecule is O=C(c1csnn1)N1CCC2(CC1)CN(CC1CC1)c1ccccc12. The zero-order chi connectivity index (χ0) is 16.9. The fourth-order valence-corrected chi connectivity index (χ4v) is 4.92. The summed E-state index contributed by atoms with van der Waals surface area (Å²) in [4.78, 5) is 17.1. The maximum Gasteiger partial charge on any atom is 0.275 e. The smallest absolute Gasteiger partial charge is 0.275 e. The number of benzene rings is 1. The molecule has 1 aromatic carbocycles. The molecule has 2 aliphatic heterocycles. The van der Waals surface area contributed by atoms with Crippen molar-refractivity contribution < 1.29 is 4.79 Å². The van der Waals surface area contributed by atoms with Gasteiger partial charge in [0.05, 0.1) is 0 Å². The van der Waals surface area contributed by atoms with Crippen molar-refractivity contribution in [3.63, 3.8) is 0 Å². The topological polar surface area (TPSA) is 49.3 Å². The first-order valence-electron chi connectivity index (χ1n) is 9.16. The number of carbonyl (C=O) groups is 1. The third-order valence-electron chi connectivity index (χ3n) is 6.07. The molecular formula is C19H22N4OS. The number of amides is 1. The third-order valence-corrected chi connectivity index (χ3v) is 6.58. The quantitative estimate of drug-likeness (QED) is 0.850. The standard InChI is InChI=1S/C19H22N4OS/c24-18(16-12-25-21-20-16)22-9-7-19(8-10-22)13-23(11-14-5-6-14)17-4-2-1-3-15(17)19/h1-4,12,14H,5-11,13H2. The van der Waals surface area contributed by atoms with Crippen LogP contribution < -0.4 is 4.90 Å². The summed E-state index contributed by atoms with van der Waals surface area (Å²) in [6.45, 7) is 3.93. The lowest BCUT2D eigenvalue weighted by Gasteiger charge is -2.39. The van der Waals surface area contributed by atoms with Gasteiger partial charge in [0, 0.05) is 42.7 Å². The van der Waals surface area contributed by atoms with Crippen LogP contribution in [0.2, 0.25) is 0 Å². The average molecular weight is 354 g/mol. The van der Waals surface area contributed by atoms with Crippen LogP contribution in [0.1, 0.15) is 41.7 Å². The molecule has 2 aromatic rings. The predicted molar refractivity (Wildman–Crippen MR) is 98.1 cm³/mol. The van der Waals surface area contributed by atoms with Crippen LogP contribution in [0.3, 0.4) is 0 Å². The van der Waals surface area contributed by atoms with E-state index in [1.54, 1.807) is 5.38 Å². The first-order valence-corrected chi connectivity index (χ1v) is 10.00. The van der Waals surface area contributed by atoms with E-state index in [9.17, 15) is 4.79 Å². The van der Waals surface area contributed by atoms with Crippen LogP contribution in [-0.4, -0.2) is 46.6 Å². The van der Waals surface area contributed by atoms with Crippen LogP contribution in [0, 0.1) is 5.92 Å². The van der Waals surface area contributed by atoms with Crippen molar-refractivity contribution >= 4 is 23.1 Å². The number of carbonyl (C=O) groups excluding carboxylic acids is 1. The second-order valence-corrected chi connectivity index (χ2v) is 8.31. The lowest BCUT2D eigenvalue weighted by molar-refractivity contribution is 0.0668. The number of para-hydroxylation sites is 1. The predicted octanol–water partition coefficient (Wildman–Crippen LogP) is 2.94. The van der Waals surface area contributed by atoms with Crippen LogP contribution in [0.15, 0.2) is 29.6 Å². The Kier molecular flexibility index (Phi) is 3.55. The summed E-state index contributed by atoms with van der Waals surface area (Å²) in [7, 11) is 0. The van der Waals surface area contributed by atoms with Crippen molar-refractivity contribution in [1.82, 2.24) is 14.5 Å². The molecule has 0 N–H and O–H groups in total. The Morgan fingerprint density at radius 2 is 2.04 bits per heavy atom. The number of hydrogen-bond acceptors (Lipinski definition) is 5. The third kappa shape index (κ3) is 2.63. The highest BCUT2D eigenvalue weighted by atomic mass is 32.1. The van der Waals surface area contributed by atoms with Crippen molar-refractivity contribution in [1.29, 1.82) is 0 Å². The van der Waals surface area contributed by atoms with Gasteiger partial charge >= 0.3 is 0 Å². The highest BCUT2D eigenvalue weighted by Gasteiger charge is 2.46. The summed E-state index contributed by atoms with van der Waals surface area (Å²) in [6, 6.07) is 8.92. The van der Waals surface area contributed by atoms with E-state index >= 15 is 0 Å². The molecule has 6 heteroatoms. The van der Waals surface area contributed by atoms with Crippen LogP contribution in [0.4, 0.5) is 5.69 Å². The van der Waals surface area contributed by atoms with E-state index in [4.69, 9.17) is 0 Å². The molecule has 1 aliphatic carbocycles. The Balaban J connectivity index is 1.35. The molecule has 1 amide bonds. The Bertz CT molecular complexity index is 778. The Labute approximate surface area is 151 Å². The largest absolute Gasteiger partial charge is 0.370 e. The van der Waals surface area contributed by atoms with Gasteiger partial charge in [0.1, 0.15) is 0 Å². The van der Waals surface area contributed by atoms with Crippen molar-refractivity contribution in [2.24, 2.45) is 5.92 Å². The molecule has 2 fully saturated rings. The molecule has 3 aliphatic rings. The summed E-state index contributed by atoms with van der Waals surface area (Å²) in [5, 5.41) is 5.68. The van der Waals surface area contributed by atoms with Gasteiger partial charge in [-0.2, -0.15) is 0 Å². The van der Waals surface area contributed by atoms with Crippen LogP contribution >= 0.6 is 11.5 Å². The number of aromatic nitrogens is 2. The fourth-order valence-electron chi connectivity index (χ4n) is 4.49. The molecule has 130 valence electrons. The Hall–Kier alpha value is -1.95. The molecule has 1 saturated carbocycles. The molecule has 3 heterocycles. The fraction of sp³-hybridized carbons (Fsp3) is 0.526. The summed E-state index contributed by atoms with van der Waals surface area (Å²) in [5.41, 5.74) is 3.63. The Morgan fingerprint density at radius 3 is 2.76 bits per heavy atom. The second kappa shape index (κ2) is 5.80. The van der Waals surface area contributed by atoms with E-state index in [1.165, 1.54) is 42.2 Å². The summed E-state index contributed by atoms with van der Waals surface area (Å²) in [6.07, 6.45) is 4.84. The number of piperidine rings is 1. The molecule has 0 bridgehead atoms. The number of anilines is 1. The highest BCUT2D eigenvalue weighted by molar-refractivity contribution is 7.03. The number of nitrogens with zero attached hydrogens (tertiary/aromatic N) is 4. The normalized spacial score (nSPS) is 21.6. The van der Waals surface area contributed by atoms with E-state index in [0.717, 1.165) is 38.4 Å². The molecule has 5 nitrogen and oxygen atoms in total. The van der Waals surface area contributed by atoms with Gasteiger partial charge in [0.2, 0.25) is 0 Å². The van der Waals surface area contributed by atoms with E-state index < -0.39 is 0 Å². The van der Waals surface area contributed by atoms with Gasteiger partial charge in [-0.3, -0.25) is 4.79 Å². The molecule has 5 rings (SSSR count). The summed E-state index contributed by atoms with van der Waals surface area (Å²) in [5.74, 6) is 0.923. The van der Waals surface area contributed by atoms with Gasteiger partial charge in [-0.15, -0.1) is 5.10 Å². The Morgan fingerprint density at radius 1 is 1.24 bits per heavy atom. The number of likely N-dealkylation sites (tertiary alicyclic amines) is 1. The first kappa shape index (κ1) is 15.3. The average Bonchev–Trinajstić information content (AvgIpc) is 3.19. The van der Waals surface area contributed by atoms with Gasteiger partial charge in [0.15, 0.2) is 5.69 Å². The molecule has 1 aromatic heterocycles. The van der Waals surface area contributed by atoms with Crippen molar-refractivity contribution in [2.75, 3.05) is 31.1 Å². The van der Waals surface area contributed by atoms with Gasteiger partial charge < -0.3 is 9.80 Å². The molecule has 25 heavy (non-hydrogen) atoms. The van der Waals surface area contributed by atoms with E-state index in [-0.39, 0.29) is 11.3 Å². The summed E-state index contributed by atoms with van der Waals surface area (Å²) >= 11 is 1.24. The zero-order valence-corrected chi connectivity index (χ0v) is 15.0. The maximum atomic E-state index is 12.5. The van der Waals surface area contributed by atoms with E-state index in [1.807, 2.05) is 4.90 Å². The van der Waals surface area contributed by atoms with Crippen LogP contribution in [0.25, 0.3) is 0 Å². The van der Waals surface area contributed by atoms with Crippen LogP contribution in [-0.2, 0) is 5.41 Å². The first-order chi connectivity index (χ1) is 12.3. The second-order valence-electron chi connectivity index (χ2n) is 7.70. The van der Waals surface area contributed by atoms with Gasteiger partial charge in [-0.1, -0.05) is 22.7 Å². The van der Waals surface area contributed by atoms with Gasteiger partial charge in [0.25, 0.3) is 5.91 Å². The molecule has 0 unspecified atom stereocenters. The number of rotatable bonds is 3. The maximum absolute atomic E-state index is 12.5. The number of fused-ring (bicyclic) bond motifs is 2. The van der Waals surface area contributed by atoms with Crippen molar-refractivity contribution in [3.05, 3.63) is 40.9 Å². The van der Waals surface area contributed by atoms with Gasteiger partial charge in [-0.25, -0.2) is 0 Å². The molecule has 1 spiro atoms. The molecule has 1 saturated heterocycles. The minimum atomic E-state index is 0.0321. The van der Waals surface area contributed by atoms with Crippen molar-refractivity contribution in [2.45, 2.75) is 31.1 Å². The van der Waals surface area contributed by atoms with Crippen LogP contribution in [0.5, 0.6) is 0 Å². The van der Waals surface area contributed by atoms with Crippen molar-refractivity contribution in [3.8, 4) is 0 Å². The number of hydrogen-bond donors (Lipinski definition) is 0. The monoisotopic (exact) mass is 354 g/mol. The molecular weight excluding hydrogens is 332 g/mol. The highest BCUT2D eigenvalue weighted by Crippen LogP contribution is 2.48. The zero-order valence-electron chi connectivity index (χ0n) is 14.2. The summed E-state index contributed by atoms with van der Waals surface area (Å²) < 4.78 is 3.82. The minimum Gasteiger partial charge on any atom is -0.370 e. The lowest BCUT2D eigenvalue weighted by Crippen LogP contribution is -2.47. The molecule has 0 radical (unpaired) electrons. The van der Waals surface area contributed by atoms with Gasteiger partial charge in [-0.05, 0) is 54.8 Å². The van der Waals surface area contributed by atoms with E-state index in [0.29, 0.717) is 5.69 Å². The van der Waals surface area contributed by atoms with E-state index in [2.05, 4.69) is 38.8 Å². The molecule has 0 atom stereocenters.